The maximum atomic E-state index is 11.0. The highest BCUT2D eigenvalue weighted by atomic mass is 16.5. The fraction of sp³-hybridized carbons (Fsp3) is 0.455. The second kappa shape index (κ2) is 4.11. The van der Waals surface area contributed by atoms with Gasteiger partial charge < -0.3 is 4.74 Å². The molecule has 13 heavy (non-hydrogen) atoms. The number of allylic oxidation sites excluding steroid dienone is 3. The molecular formula is C11H14O2. The van der Waals surface area contributed by atoms with Crippen molar-refractivity contribution in [2.45, 2.75) is 27.2 Å². The molecule has 2 heteroatoms. The van der Waals surface area contributed by atoms with Crippen LogP contribution in [0.25, 0.3) is 0 Å². The molecule has 0 saturated carbocycles. The molecule has 0 radical (unpaired) electrons. The van der Waals surface area contributed by atoms with Gasteiger partial charge in [0.2, 0.25) is 0 Å². The molecule has 0 aromatic rings. The number of hydrogen-bond donors (Lipinski definition) is 0. The van der Waals surface area contributed by atoms with Crippen molar-refractivity contribution >= 4 is 5.97 Å². The molecule has 0 spiro atoms. The third kappa shape index (κ3) is 2.92. The largest absolute Gasteiger partial charge is 0.431 e. The Morgan fingerprint density at radius 3 is 2.77 bits per heavy atom. The fourth-order valence-electron chi connectivity index (χ4n) is 1.06. The van der Waals surface area contributed by atoms with Crippen molar-refractivity contribution in [3.05, 3.63) is 29.2 Å². The van der Waals surface area contributed by atoms with E-state index < -0.39 is 0 Å². The van der Waals surface area contributed by atoms with Crippen LogP contribution in [0, 0.1) is 5.92 Å². The van der Waals surface area contributed by atoms with Gasteiger partial charge in [-0.05, 0) is 31.6 Å². The summed E-state index contributed by atoms with van der Waals surface area (Å²) in [5, 5.41) is 0. The minimum absolute atomic E-state index is 0.00588. The molecule has 0 bridgehead atoms. The van der Waals surface area contributed by atoms with Gasteiger partial charge >= 0.3 is 5.97 Å². The van der Waals surface area contributed by atoms with Crippen molar-refractivity contribution in [2.24, 2.45) is 5.92 Å². The van der Waals surface area contributed by atoms with Crippen molar-refractivity contribution in [1.29, 1.82) is 0 Å². The molecule has 1 rings (SSSR count). The van der Waals surface area contributed by atoms with Gasteiger partial charge in [-0.1, -0.05) is 6.92 Å². The van der Waals surface area contributed by atoms with Crippen LogP contribution in [-0.2, 0) is 9.53 Å². The van der Waals surface area contributed by atoms with Gasteiger partial charge in [0.05, 0.1) is 5.92 Å². The van der Waals surface area contributed by atoms with E-state index in [1.807, 2.05) is 20.8 Å². The van der Waals surface area contributed by atoms with Gasteiger partial charge in [-0.25, -0.2) is 0 Å². The highest BCUT2D eigenvalue weighted by Gasteiger charge is 2.25. The maximum absolute atomic E-state index is 11.0. The number of hydrogen-bond acceptors (Lipinski definition) is 2. The van der Waals surface area contributed by atoms with Crippen LogP contribution in [0.4, 0.5) is 0 Å². The standard InChI is InChI=1S/C11H14O2/c1-8(2)5-4-6-10-7-9(3)11(12)13-10/h4,6,9H,7H2,1-3H3/b10-6+. The van der Waals surface area contributed by atoms with Gasteiger partial charge in [0.15, 0.2) is 0 Å². The Labute approximate surface area is 78.6 Å². The fourth-order valence-corrected chi connectivity index (χ4v) is 1.06. The summed E-state index contributed by atoms with van der Waals surface area (Å²) in [6.45, 7) is 5.81. The van der Waals surface area contributed by atoms with Gasteiger partial charge in [-0.2, -0.15) is 0 Å². The van der Waals surface area contributed by atoms with Crippen molar-refractivity contribution in [1.82, 2.24) is 0 Å². The highest BCUT2D eigenvalue weighted by molar-refractivity contribution is 5.76. The zero-order valence-corrected chi connectivity index (χ0v) is 8.26. The van der Waals surface area contributed by atoms with E-state index in [1.165, 1.54) is 0 Å². The van der Waals surface area contributed by atoms with Gasteiger partial charge in [0.25, 0.3) is 0 Å². The molecule has 2 nitrogen and oxygen atoms in total. The quantitative estimate of drug-likeness (QED) is 0.455. The Balaban J connectivity index is 2.66. The predicted octanol–water partition coefficient (Wildman–Crippen LogP) is 2.57. The minimum Gasteiger partial charge on any atom is -0.431 e. The summed E-state index contributed by atoms with van der Waals surface area (Å²) in [6, 6.07) is 0. The number of ether oxygens (including phenoxy) is 1. The van der Waals surface area contributed by atoms with E-state index in [9.17, 15) is 4.79 Å². The predicted molar refractivity (Wildman–Crippen MR) is 50.9 cm³/mol. The van der Waals surface area contributed by atoms with Crippen molar-refractivity contribution in [3.63, 3.8) is 0 Å². The van der Waals surface area contributed by atoms with Gasteiger partial charge in [-0.15, -0.1) is 5.73 Å². The van der Waals surface area contributed by atoms with Crippen molar-refractivity contribution in [2.75, 3.05) is 0 Å². The van der Waals surface area contributed by atoms with E-state index in [0.29, 0.717) is 6.42 Å². The average Bonchev–Trinajstić information content (AvgIpc) is 2.30. The second-order valence-electron chi connectivity index (χ2n) is 3.47. The molecule has 1 atom stereocenters. The molecule has 1 saturated heterocycles. The zero-order valence-electron chi connectivity index (χ0n) is 8.26. The summed E-state index contributed by atoms with van der Waals surface area (Å²) in [5.74, 6) is 0.620. The van der Waals surface area contributed by atoms with Crippen LogP contribution >= 0.6 is 0 Å². The number of cyclic esters (lactones) is 1. The van der Waals surface area contributed by atoms with E-state index >= 15 is 0 Å². The monoisotopic (exact) mass is 178 g/mol. The summed E-state index contributed by atoms with van der Waals surface area (Å²) in [6.07, 6.45) is 4.30. The first-order chi connectivity index (χ1) is 6.09. The summed E-state index contributed by atoms with van der Waals surface area (Å²) >= 11 is 0. The summed E-state index contributed by atoms with van der Waals surface area (Å²) in [7, 11) is 0. The van der Waals surface area contributed by atoms with Crippen LogP contribution in [0.5, 0.6) is 0 Å². The lowest BCUT2D eigenvalue weighted by Gasteiger charge is -1.90. The molecule has 1 aliphatic rings. The molecule has 70 valence electrons. The van der Waals surface area contributed by atoms with Crippen molar-refractivity contribution < 1.29 is 9.53 Å². The second-order valence-corrected chi connectivity index (χ2v) is 3.47. The summed E-state index contributed by atoms with van der Waals surface area (Å²) < 4.78 is 5.00. The Bertz CT molecular complexity index is 300. The van der Waals surface area contributed by atoms with Crippen LogP contribution in [0.2, 0.25) is 0 Å². The summed E-state index contributed by atoms with van der Waals surface area (Å²) in [5.41, 5.74) is 4.13. The first kappa shape index (κ1) is 9.82. The molecular weight excluding hydrogens is 164 g/mol. The lowest BCUT2D eigenvalue weighted by atomic mass is 10.1. The van der Waals surface area contributed by atoms with Gasteiger partial charge in [0, 0.05) is 6.42 Å². The normalized spacial score (nSPS) is 24.1. The van der Waals surface area contributed by atoms with Crippen LogP contribution in [0.15, 0.2) is 29.2 Å². The van der Waals surface area contributed by atoms with E-state index in [0.717, 1.165) is 11.3 Å². The Kier molecular flexibility index (Phi) is 3.10. The third-order valence-corrected chi connectivity index (χ3v) is 1.78. The molecule has 0 aromatic heterocycles. The molecule has 1 unspecified atom stereocenters. The molecule has 1 heterocycles. The lowest BCUT2D eigenvalue weighted by molar-refractivity contribution is -0.138. The molecule has 0 amide bonds. The molecule has 1 aliphatic heterocycles. The highest BCUT2D eigenvalue weighted by Crippen LogP contribution is 2.23. The van der Waals surface area contributed by atoms with E-state index in [-0.39, 0.29) is 11.9 Å². The van der Waals surface area contributed by atoms with E-state index in [1.54, 1.807) is 12.2 Å². The third-order valence-electron chi connectivity index (χ3n) is 1.78. The Morgan fingerprint density at radius 1 is 1.62 bits per heavy atom. The molecule has 0 aliphatic carbocycles. The molecule has 1 fully saturated rings. The van der Waals surface area contributed by atoms with Gasteiger partial charge in [-0.3, -0.25) is 4.79 Å². The topological polar surface area (TPSA) is 26.3 Å². The Hall–Kier alpha value is -1.27. The van der Waals surface area contributed by atoms with Crippen LogP contribution in [0.3, 0.4) is 0 Å². The number of esters is 1. The first-order valence-electron chi connectivity index (χ1n) is 4.40. The van der Waals surface area contributed by atoms with Crippen LogP contribution in [0.1, 0.15) is 27.2 Å². The minimum atomic E-state index is -0.128. The first-order valence-corrected chi connectivity index (χ1v) is 4.40. The lowest BCUT2D eigenvalue weighted by Crippen LogP contribution is -2.00. The molecule has 0 aromatic carbocycles. The summed E-state index contributed by atoms with van der Waals surface area (Å²) in [4.78, 5) is 11.0. The maximum Gasteiger partial charge on any atom is 0.314 e. The smallest absolute Gasteiger partial charge is 0.314 e. The average molecular weight is 178 g/mol. The Morgan fingerprint density at radius 2 is 2.31 bits per heavy atom. The van der Waals surface area contributed by atoms with E-state index in [2.05, 4.69) is 5.73 Å². The van der Waals surface area contributed by atoms with Crippen molar-refractivity contribution in [3.8, 4) is 0 Å². The SMILES string of the molecule is CC(C)=C=C/C=C1\CC(C)C(=O)O1. The molecule has 0 N–H and O–H groups in total. The van der Waals surface area contributed by atoms with Crippen LogP contribution < -0.4 is 0 Å². The zero-order chi connectivity index (χ0) is 9.84. The van der Waals surface area contributed by atoms with E-state index in [4.69, 9.17) is 4.74 Å². The van der Waals surface area contributed by atoms with Crippen LogP contribution in [-0.4, -0.2) is 5.97 Å². The number of carbonyl (C=O) groups excluding carboxylic acids is 1. The van der Waals surface area contributed by atoms with Gasteiger partial charge in [0.1, 0.15) is 5.76 Å². The number of rotatable bonds is 1. The number of carbonyl (C=O) groups is 1.